The van der Waals surface area contributed by atoms with Crippen molar-refractivity contribution in [1.82, 2.24) is 9.88 Å². The van der Waals surface area contributed by atoms with E-state index in [9.17, 15) is 9.59 Å². The predicted molar refractivity (Wildman–Crippen MR) is 111 cm³/mol. The van der Waals surface area contributed by atoms with E-state index in [-0.39, 0.29) is 11.5 Å². The van der Waals surface area contributed by atoms with Crippen molar-refractivity contribution in [3.63, 3.8) is 0 Å². The highest BCUT2D eigenvalue weighted by atomic mass is 16.5. The average molecular weight is 383 g/mol. The van der Waals surface area contributed by atoms with Gasteiger partial charge in [-0.15, -0.1) is 0 Å². The summed E-state index contributed by atoms with van der Waals surface area (Å²) in [6.45, 7) is 6.27. The summed E-state index contributed by atoms with van der Waals surface area (Å²) in [5.74, 6) is 1.55. The molecular formula is C23H30N2O3. The van der Waals surface area contributed by atoms with Crippen LogP contribution in [0.25, 0.3) is 0 Å². The molecule has 150 valence electrons. The second-order valence-electron chi connectivity index (χ2n) is 7.53. The summed E-state index contributed by atoms with van der Waals surface area (Å²) in [4.78, 5) is 28.7. The van der Waals surface area contributed by atoms with Gasteiger partial charge in [-0.3, -0.25) is 9.59 Å². The fourth-order valence-electron chi connectivity index (χ4n) is 3.96. The molecule has 1 aromatic carbocycles. The van der Waals surface area contributed by atoms with E-state index in [0.29, 0.717) is 18.9 Å². The summed E-state index contributed by atoms with van der Waals surface area (Å²) < 4.78 is 5.58. The van der Waals surface area contributed by atoms with Crippen molar-refractivity contribution in [1.29, 1.82) is 0 Å². The molecule has 1 aliphatic heterocycles. The van der Waals surface area contributed by atoms with Crippen molar-refractivity contribution in [2.45, 2.75) is 51.9 Å². The van der Waals surface area contributed by atoms with Crippen LogP contribution in [0.1, 0.15) is 55.2 Å². The maximum Gasteiger partial charge on any atom is 0.248 e. The highest BCUT2D eigenvalue weighted by Crippen LogP contribution is 2.27. The van der Waals surface area contributed by atoms with Crippen molar-refractivity contribution in [2.24, 2.45) is 0 Å². The quantitative estimate of drug-likeness (QED) is 0.792. The van der Waals surface area contributed by atoms with Gasteiger partial charge in [0.25, 0.3) is 0 Å². The molecule has 0 saturated carbocycles. The van der Waals surface area contributed by atoms with Crippen LogP contribution < -0.4 is 10.3 Å². The van der Waals surface area contributed by atoms with Crippen LogP contribution >= 0.6 is 0 Å². The molecule has 1 amide bonds. The second kappa shape index (κ2) is 9.58. The van der Waals surface area contributed by atoms with Crippen LogP contribution in [-0.2, 0) is 11.2 Å². The number of rotatable bonds is 7. The molecule has 0 bridgehead atoms. The van der Waals surface area contributed by atoms with Crippen molar-refractivity contribution >= 4 is 5.91 Å². The zero-order valence-electron chi connectivity index (χ0n) is 16.9. The number of nitrogens with zero attached hydrogens (tertiary/aromatic N) is 1. The Morgan fingerprint density at radius 3 is 2.68 bits per heavy atom. The highest BCUT2D eigenvalue weighted by Gasteiger charge is 2.23. The van der Waals surface area contributed by atoms with Gasteiger partial charge < -0.3 is 14.6 Å². The van der Waals surface area contributed by atoms with Gasteiger partial charge in [0, 0.05) is 31.8 Å². The fraction of sp³-hybridized carbons (Fsp3) is 0.478. The molecule has 5 heteroatoms. The predicted octanol–water partition coefficient (Wildman–Crippen LogP) is 3.81. The van der Waals surface area contributed by atoms with Gasteiger partial charge in [-0.05, 0) is 74.3 Å². The number of benzene rings is 1. The van der Waals surface area contributed by atoms with Gasteiger partial charge in [0.05, 0.1) is 6.61 Å². The van der Waals surface area contributed by atoms with Crippen molar-refractivity contribution in [2.75, 3.05) is 19.7 Å². The van der Waals surface area contributed by atoms with E-state index in [1.165, 1.54) is 5.56 Å². The smallest absolute Gasteiger partial charge is 0.248 e. The summed E-state index contributed by atoms with van der Waals surface area (Å²) in [7, 11) is 0. The van der Waals surface area contributed by atoms with E-state index in [0.717, 1.165) is 55.6 Å². The molecule has 1 aliphatic rings. The maximum atomic E-state index is 12.5. The van der Waals surface area contributed by atoms with Crippen LogP contribution in [0.15, 0.2) is 41.3 Å². The van der Waals surface area contributed by atoms with E-state index in [1.807, 2.05) is 24.0 Å². The number of likely N-dealkylation sites (tertiary alicyclic amines) is 1. The molecular weight excluding hydrogens is 352 g/mol. The molecule has 1 N–H and O–H groups in total. The number of piperidine rings is 1. The topological polar surface area (TPSA) is 62.4 Å². The van der Waals surface area contributed by atoms with Crippen LogP contribution in [0.5, 0.6) is 5.75 Å². The highest BCUT2D eigenvalue weighted by molar-refractivity contribution is 5.76. The van der Waals surface area contributed by atoms with Crippen molar-refractivity contribution < 1.29 is 9.53 Å². The van der Waals surface area contributed by atoms with Crippen molar-refractivity contribution in [3.05, 3.63) is 63.6 Å². The summed E-state index contributed by atoms with van der Waals surface area (Å²) in [5.41, 5.74) is 3.43. The number of carbonyl (C=O) groups excluding carboxylic acids is 1. The number of aromatic nitrogens is 1. The summed E-state index contributed by atoms with van der Waals surface area (Å²) in [6, 6.07) is 9.93. The molecule has 2 aromatic rings. The largest absolute Gasteiger partial charge is 0.494 e. The standard InChI is InChI=1S/C23H30N2O3/c1-3-28-21-8-7-18(15-17(21)2)5-4-6-23(27)25-13-10-19(11-14-25)20-9-12-24-22(26)16-20/h7-9,12,15-16,19H,3-6,10-11,13-14H2,1-2H3,(H,24,26). The third kappa shape index (κ3) is 5.24. The minimum absolute atomic E-state index is 0.0551. The van der Waals surface area contributed by atoms with E-state index >= 15 is 0 Å². The van der Waals surface area contributed by atoms with E-state index in [2.05, 4.69) is 24.0 Å². The minimum atomic E-state index is -0.0551. The van der Waals surface area contributed by atoms with Crippen LogP contribution in [0.3, 0.4) is 0 Å². The molecule has 1 aromatic heterocycles. The first-order chi connectivity index (χ1) is 13.6. The molecule has 0 aliphatic carbocycles. The van der Waals surface area contributed by atoms with Gasteiger partial charge >= 0.3 is 0 Å². The maximum absolute atomic E-state index is 12.5. The van der Waals surface area contributed by atoms with Crippen molar-refractivity contribution in [3.8, 4) is 5.75 Å². The van der Waals surface area contributed by atoms with Gasteiger partial charge in [-0.2, -0.15) is 0 Å². The average Bonchev–Trinajstić information content (AvgIpc) is 2.70. The number of H-pyrrole nitrogens is 1. The van der Waals surface area contributed by atoms with Gasteiger partial charge in [0.2, 0.25) is 11.5 Å². The van der Waals surface area contributed by atoms with E-state index < -0.39 is 0 Å². The number of pyridine rings is 1. The number of aryl methyl sites for hydroxylation is 2. The molecule has 5 nitrogen and oxygen atoms in total. The lowest BCUT2D eigenvalue weighted by molar-refractivity contribution is -0.132. The number of nitrogens with one attached hydrogen (secondary N) is 1. The molecule has 0 radical (unpaired) electrons. The van der Waals surface area contributed by atoms with E-state index in [1.54, 1.807) is 12.3 Å². The molecule has 1 saturated heterocycles. The molecule has 0 unspecified atom stereocenters. The third-order valence-electron chi connectivity index (χ3n) is 5.51. The first kappa shape index (κ1) is 20.2. The van der Waals surface area contributed by atoms with Crippen LogP contribution in [0, 0.1) is 6.92 Å². The Kier molecular flexibility index (Phi) is 6.90. The summed E-state index contributed by atoms with van der Waals surface area (Å²) in [6.07, 6.45) is 5.91. The fourth-order valence-corrected chi connectivity index (χ4v) is 3.96. The Bertz CT molecular complexity index is 851. The SMILES string of the molecule is CCOc1ccc(CCCC(=O)N2CCC(c3cc[nH]c(=O)c3)CC2)cc1C. The number of aromatic amines is 1. The Labute approximate surface area is 166 Å². The molecule has 0 spiro atoms. The normalized spacial score (nSPS) is 14.9. The minimum Gasteiger partial charge on any atom is -0.494 e. The zero-order valence-corrected chi connectivity index (χ0v) is 16.9. The van der Waals surface area contributed by atoms with Crippen LogP contribution in [0.4, 0.5) is 0 Å². The first-order valence-corrected chi connectivity index (χ1v) is 10.3. The number of hydrogen-bond donors (Lipinski definition) is 1. The number of carbonyl (C=O) groups is 1. The lowest BCUT2D eigenvalue weighted by Gasteiger charge is -2.32. The molecule has 1 fully saturated rings. The Balaban J connectivity index is 1.43. The first-order valence-electron chi connectivity index (χ1n) is 10.3. The number of amides is 1. The monoisotopic (exact) mass is 382 g/mol. The summed E-state index contributed by atoms with van der Waals surface area (Å²) >= 11 is 0. The molecule has 0 atom stereocenters. The lowest BCUT2D eigenvalue weighted by atomic mass is 9.90. The third-order valence-corrected chi connectivity index (χ3v) is 5.51. The Morgan fingerprint density at radius 1 is 1.21 bits per heavy atom. The summed E-state index contributed by atoms with van der Waals surface area (Å²) in [5, 5.41) is 0. The second-order valence-corrected chi connectivity index (χ2v) is 7.53. The van der Waals surface area contributed by atoms with Gasteiger partial charge in [0.1, 0.15) is 5.75 Å². The molecule has 2 heterocycles. The molecule has 3 rings (SSSR count). The number of ether oxygens (including phenoxy) is 1. The zero-order chi connectivity index (χ0) is 19.9. The van der Waals surface area contributed by atoms with Crippen LogP contribution in [0.2, 0.25) is 0 Å². The van der Waals surface area contributed by atoms with Gasteiger partial charge in [-0.1, -0.05) is 12.1 Å². The lowest BCUT2D eigenvalue weighted by Crippen LogP contribution is -2.38. The Hall–Kier alpha value is -2.56. The van der Waals surface area contributed by atoms with Gasteiger partial charge in [0.15, 0.2) is 0 Å². The molecule has 28 heavy (non-hydrogen) atoms. The van der Waals surface area contributed by atoms with Crippen LogP contribution in [-0.4, -0.2) is 35.5 Å². The number of hydrogen-bond acceptors (Lipinski definition) is 3. The van der Waals surface area contributed by atoms with E-state index in [4.69, 9.17) is 4.74 Å². The van der Waals surface area contributed by atoms with Gasteiger partial charge in [-0.25, -0.2) is 0 Å². The Morgan fingerprint density at radius 2 is 2.00 bits per heavy atom.